The molecule has 1 atom stereocenters. The third-order valence-electron chi connectivity index (χ3n) is 4.93. The number of nitrogens with zero attached hydrogens (tertiary/aromatic N) is 3. The van der Waals surface area contributed by atoms with E-state index in [1.165, 1.54) is 11.1 Å². The fourth-order valence-electron chi connectivity index (χ4n) is 3.39. The summed E-state index contributed by atoms with van der Waals surface area (Å²) in [5, 5.41) is 4.08. The molecule has 5 nitrogen and oxygen atoms in total. The number of rotatable bonds is 4. The van der Waals surface area contributed by atoms with E-state index in [1.807, 2.05) is 24.3 Å². The molecule has 2 aromatic heterocycles. The van der Waals surface area contributed by atoms with Crippen LogP contribution in [0.2, 0.25) is 0 Å². The first-order valence-corrected chi connectivity index (χ1v) is 9.81. The number of carbonyl (C=O) groups excluding carboxylic acids is 1. The number of aryl methyl sites for hydroxylation is 1. The molecule has 0 radical (unpaired) electrons. The number of fused-ring (bicyclic) bond motifs is 1. The molecule has 134 valence electrons. The van der Waals surface area contributed by atoms with Crippen molar-refractivity contribution >= 4 is 32.7 Å². The van der Waals surface area contributed by atoms with Gasteiger partial charge in [0.25, 0.3) is 0 Å². The second-order valence-electron chi connectivity index (χ2n) is 6.75. The Labute approximate surface area is 157 Å². The summed E-state index contributed by atoms with van der Waals surface area (Å²) < 4.78 is 0. The third kappa shape index (κ3) is 3.55. The van der Waals surface area contributed by atoms with Crippen LogP contribution in [0.4, 0.5) is 5.13 Å². The molecule has 3 aromatic rings. The summed E-state index contributed by atoms with van der Waals surface area (Å²) in [7, 11) is 0. The molecule has 1 aliphatic heterocycles. The summed E-state index contributed by atoms with van der Waals surface area (Å²) in [5.41, 5.74) is 3.31. The Morgan fingerprint density at radius 1 is 1.31 bits per heavy atom. The van der Waals surface area contributed by atoms with Gasteiger partial charge in [-0.25, -0.2) is 9.97 Å². The molecule has 0 unspecified atom stereocenters. The van der Waals surface area contributed by atoms with E-state index in [4.69, 9.17) is 0 Å². The van der Waals surface area contributed by atoms with Crippen molar-refractivity contribution in [2.45, 2.75) is 26.3 Å². The number of pyridine rings is 1. The topological polar surface area (TPSA) is 58.1 Å². The number of nitrogens with one attached hydrogen (secondary N) is 1. The van der Waals surface area contributed by atoms with Gasteiger partial charge in [0.15, 0.2) is 5.13 Å². The summed E-state index contributed by atoms with van der Waals surface area (Å²) in [6.45, 7) is 4.33. The number of hydrogen-bond donors (Lipinski definition) is 1. The van der Waals surface area contributed by atoms with Gasteiger partial charge in [-0.15, -0.1) is 0 Å². The summed E-state index contributed by atoms with van der Waals surface area (Å²) >= 11 is 1.60. The van der Waals surface area contributed by atoms with Gasteiger partial charge in [0.05, 0.1) is 5.92 Å². The monoisotopic (exact) mass is 366 g/mol. The Hall–Kier alpha value is -2.47. The standard InChI is InChI=1S/C20H22N4OS/c1-14-6-2-3-7-15(14)12-22-18(25)16-8-5-11-24(13-16)20-23-17-9-4-10-21-19(17)26-20/h2-4,6-7,9-10,16H,5,8,11-13H2,1H3,(H,22,25)/t16-/m1/s1. The number of aromatic nitrogens is 2. The summed E-state index contributed by atoms with van der Waals surface area (Å²) in [6, 6.07) is 12.1. The first-order chi connectivity index (χ1) is 12.7. The van der Waals surface area contributed by atoms with Gasteiger partial charge in [-0.05, 0) is 43.0 Å². The van der Waals surface area contributed by atoms with Crippen molar-refractivity contribution in [2.24, 2.45) is 5.92 Å². The molecular weight excluding hydrogens is 344 g/mol. The summed E-state index contributed by atoms with van der Waals surface area (Å²) in [6.07, 6.45) is 3.73. The van der Waals surface area contributed by atoms with E-state index >= 15 is 0 Å². The lowest BCUT2D eigenvalue weighted by molar-refractivity contribution is -0.125. The fraction of sp³-hybridized carbons (Fsp3) is 0.350. The minimum Gasteiger partial charge on any atom is -0.352 e. The lowest BCUT2D eigenvalue weighted by Crippen LogP contribution is -2.43. The highest BCUT2D eigenvalue weighted by Gasteiger charge is 2.27. The highest BCUT2D eigenvalue weighted by molar-refractivity contribution is 7.21. The molecule has 0 spiro atoms. The van der Waals surface area contributed by atoms with Crippen molar-refractivity contribution in [3.63, 3.8) is 0 Å². The smallest absolute Gasteiger partial charge is 0.225 e. The molecule has 6 heteroatoms. The maximum Gasteiger partial charge on any atom is 0.225 e. The lowest BCUT2D eigenvalue weighted by atomic mass is 9.97. The minimum atomic E-state index is 0.00717. The van der Waals surface area contributed by atoms with Gasteiger partial charge in [-0.3, -0.25) is 4.79 Å². The Kier molecular flexibility index (Phi) is 4.84. The van der Waals surface area contributed by atoms with E-state index in [0.717, 1.165) is 41.4 Å². The van der Waals surface area contributed by atoms with Crippen molar-refractivity contribution in [1.29, 1.82) is 0 Å². The van der Waals surface area contributed by atoms with E-state index in [2.05, 4.69) is 39.2 Å². The van der Waals surface area contributed by atoms with Crippen molar-refractivity contribution in [3.05, 3.63) is 53.7 Å². The number of amides is 1. The van der Waals surface area contributed by atoms with E-state index in [0.29, 0.717) is 6.54 Å². The largest absolute Gasteiger partial charge is 0.352 e. The second-order valence-corrected chi connectivity index (χ2v) is 7.71. The van der Waals surface area contributed by atoms with Crippen LogP contribution in [0.1, 0.15) is 24.0 Å². The minimum absolute atomic E-state index is 0.00717. The SMILES string of the molecule is Cc1ccccc1CNC(=O)[C@@H]1CCCN(c2nc3cccnc3s2)C1. The zero-order chi connectivity index (χ0) is 17.9. The molecule has 1 saturated heterocycles. The summed E-state index contributed by atoms with van der Waals surface area (Å²) in [5.74, 6) is 0.143. The quantitative estimate of drug-likeness (QED) is 0.767. The van der Waals surface area contributed by atoms with E-state index in [-0.39, 0.29) is 11.8 Å². The molecule has 1 fully saturated rings. The Morgan fingerprint density at radius 3 is 3.04 bits per heavy atom. The average Bonchev–Trinajstić information content (AvgIpc) is 3.11. The van der Waals surface area contributed by atoms with Gasteiger partial charge in [-0.2, -0.15) is 0 Å². The van der Waals surface area contributed by atoms with Crippen LogP contribution in [-0.2, 0) is 11.3 Å². The molecule has 0 bridgehead atoms. The van der Waals surface area contributed by atoms with Gasteiger partial charge in [0, 0.05) is 25.8 Å². The maximum atomic E-state index is 12.7. The number of benzene rings is 1. The highest BCUT2D eigenvalue weighted by atomic mass is 32.1. The number of carbonyl (C=O) groups is 1. The van der Waals surface area contributed by atoms with E-state index in [1.54, 1.807) is 17.5 Å². The number of hydrogen-bond acceptors (Lipinski definition) is 5. The van der Waals surface area contributed by atoms with Crippen LogP contribution >= 0.6 is 11.3 Å². The Bertz CT molecular complexity index is 890. The first-order valence-electron chi connectivity index (χ1n) is 8.99. The Balaban J connectivity index is 1.41. The van der Waals surface area contributed by atoms with Gasteiger partial charge >= 0.3 is 0 Å². The summed E-state index contributed by atoms with van der Waals surface area (Å²) in [4.78, 5) is 24.9. The van der Waals surface area contributed by atoms with Crippen LogP contribution in [0, 0.1) is 12.8 Å². The molecule has 1 amide bonds. The predicted molar refractivity (Wildman–Crippen MR) is 105 cm³/mol. The van der Waals surface area contributed by atoms with Crippen LogP contribution in [-0.4, -0.2) is 29.0 Å². The normalized spacial score (nSPS) is 17.4. The van der Waals surface area contributed by atoms with Crippen LogP contribution in [0.5, 0.6) is 0 Å². The van der Waals surface area contributed by atoms with Crippen LogP contribution in [0.25, 0.3) is 10.3 Å². The molecule has 1 aromatic carbocycles. The highest BCUT2D eigenvalue weighted by Crippen LogP contribution is 2.30. The zero-order valence-electron chi connectivity index (χ0n) is 14.8. The molecule has 0 aliphatic carbocycles. The van der Waals surface area contributed by atoms with Gasteiger partial charge in [0.1, 0.15) is 10.3 Å². The van der Waals surface area contributed by atoms with Crippen molar-refractivity contribution in [2.75, 3.05) is 18.0 Å². The van der Waals surface area contributed by atoms with Crippen molar-refractivity contribution < 1.29 is 4.79 Å². The molecule has 1 aliphatic rings. The second kappa shape index (κ2) is 7.41. The third-order valence-corrected chi connectivity index (χ3v) is 5.97. The molecule has 1 N–H and O–H groups in total. The van der Waals surface area contributed by atoms with Crippen LogP contribution in [0.3, 0.4) is 0 Å². The molecule has 3 heterocycles. The number of anilines is 1. The number of thiazole rings is 1. The fourth-order valence-corrected chi connectivity index (χ4v) is 4.34. The molecule has 0 saturated carbocycles. The van der Waals surface area contributed by atoms with Crippen LogP contribution < -0.4 is 10.2 Å². The van der Waals surface area contributed by atoms with Crippen molar-refractivity contribution in [1.82, 2.24) is 15.3 Å². The first kappa shape index (κ1) is 17.0. The van der Waals surface area contributed by atoms with Gasteiger partial charge < -0.3 is 10.2 Å². The predicted octanol–water partition coefficient (Wildman–Crippen LogP) is 3.53. The van der Waals surface area contributed by atoms with E-state index in [9.17, 15) is 4.79 Å². The lowest BCUT2D eigenvalue weighted by Gasteiger charge is -2.31. The average molecular weight is 366 g/mol. The molecule has 4 rings (SSSR count). The maximum absolute atomic E-state index is 12.7. The van der Waals surface area contributed by atoms with E-state index < -0.39 is 0 Å². The van der Waals surface area contributed by atoms with Gasteiger partial charge in [0.2, 0.25) is 5.91 Å². The van der Waals surface area contributed by atoms with Gasteiger partial charge in [-0.1, -0.05) is 35.6 Å². The van der Waals surface area contributed by atoms with Crippen LogP contribution in [0.15, 0.2) is 42.6 Å². The van der Waals surface area contributed by atoms with Crippen molar-refractivity contribution in [3.8, 4) is 0 Å². The zero-order valence-corrected chi connectivity index (χ0v) is 15.6. The molecule has 26 heavy (non-hydrogen) atoms. The number of piperidine rings is 1. The Morgan fingerprint density at radius 2 is 2.19 bits per heavy atom. The molecular formula is C20H22N4OS.